The van der Waals surface area contributed by atoms with Crippen LogP contribution in [0.25, 0.3) is 0 Å². The zero-order chi connectivity index (χ0) is 14.6. The molecule has 0 aliphatic heterocycles. The van der Waals surface area contributed by atoms with Crippen molar-refractivity contribution < 1.29 is 14.3 Å². The SMILES string of the molecule is CCO[C@@H]1C[C@@H](NC(=O)C2(C#N)CCCCC2)[C@H]1OC. The molecule has 0 spiro atoms. The quantitative estimate of drug-likeness (QED) is 0.833. The van der Waals surface area contributed by atoms with Crippen LogP contribution < -0.4 is 5.32 Å². The molecule has 5 nitrogen and oxygen atoms in total. The van der Waals surface area contributed by atoms with Gasteiger partial charge < -0.3 is 14.8 Å². The van der Waals surface area contributed by atoms with Gasteiger partial charge in [-0.1, -0.05) is 19.3 Å². The summed E-state index contributed by atoms with van der Waals surface area (Å²) in [5.74, 6) is -0.123. The summed E-state index contributed by atoms with van der Waals surface area (Å²) < 4.78 is 10.9. The van der Waals surface area contributed by atoms with Gasteiger partial charge in [-0.15, -0.1) is 0 Å². The molecule has 2 saturated carbocycles. The highest BCUT2D eigenvalue weighted by Crippen LogP contribution is 2.37. The van der Waals surface area contributed by atoms with E-state index in [-0.39, 0.29) is 24.2 Å². The van der Waals surface area contributed by atoms with Gasteiger partial charge >= 0.3 is 0 Å². The fraction of sp³-hybridized carbons (Fsp3) is 0.867. The molecule has 2 aliphatic rings. The number of nitriles is 1. The molecule has 112 valence electrons. The van der Waals surface area contributed by atoms with E-state index in [1.807, 2.05) is 6.92 Å². The Labute approximate surface area is 120 Å². The first kappa shape index (κ1) is 15.3. The lowest BCUT2D eigenvalue weighted by atomic mass is 9.73. The van der Waals surface area contributed by atoms with Crippen LogP contribution in [0.3, 0.4) is 0 Å². The molecule has 1 amide bonds. The number of hydrogen-bond acceptors (Lipinski definition) is 4. The number of carbonyl (C=O) groups is 1. The first-order valence-electron chi connectivity index (χ1n) is 7.53. The Kier molecular flexibility index (Phi) is 5.00. The molecule has 3 atom stereocenters. The Morgan fingerprint density at radius 1 is 1.40 bits per heavy atom. The van der Waals surface area contributed by atoms with Crippen LogP contribution >= 0.6 is 0 Å². The molecule has 0 aromatic carbocycles. The first-order chi connectivity index (χ1) is 9.66. The first-order valence-corrected chi connectivity index (χ1v) is 7.53. The third-order valence-corrected chi connectivity index (χ3v) is 4.57. The third-order valence-electron chi connectivity index (χ3n) is 4.57. The maximum Gasteiger partial charge on any atom is 0.240 e. The van der Waals surface area contributed by atoms with Crippen molar-refractivity contribution in [3.05, 3.63) is 0 Å². The number of ether oxygens (including phenoxy) is 2. The van der Waals surface area contributed by atoms with Gasteiger partial charge in [0, 0.05) is 13.7 Å². The van der Waals surface area contributed by atoms with Gasteiger partial charge in [0.05, 0.1) is 18.2 Å². The molecule has 0 radical (unpaired) electrons. The van der Waals surface area contributed by atoms with E-state index in [0.717, 1.165) is 25.7 Å². The van der Waals surface area contributed by atoms with Gasteiger partial charge in [-0.05, 0) is 26.2 Å². The van der Waals surface area contributed by atoms with Crippen LogP contribution in [0, 0.1) is 16.7 Å². The van der Waals surface area contributed by atoms with Gasteiger partial charge in [0.1, 0.15) is 11.5 Å². The van der Waals surface area contributed by atoms with E-state index in [4.69, 9.17) is 9.47 Å². The monoisotopic (exact) mass is 280 g/mol. The number of methoxy groups -OCH3 is 1. The van der Waals surface area contributed by atoms with E-state index in [1.165, 1.54) is 0 Å². The summed E-state index contributed by atoms with van der Waals surface area (Å²) in [7, 11) is 1.63. The number of rotatable bonds is 5. The second kappa shape index (κ2) is 6.55. The van der Waals surface area contributed by atoms with Crippen molar-refractivity contribution in [3.63, 3.8) is 0 Å². The lowest BCUT2D eigenvalue weighted by molar-refractivity contribution is -0.148. The molecular formula is C15H24N2O3. The van der Waals surface area contributed by atoms with Crippen LogP contribution in [0.2, 0.25) is 0 Å². The van der Waals surface area contributed by atoms with Crippen LogP contribution in [0.5, 0.6) is 0 Å². The van der Waals surface area contributed by atoms with Gasteiger partial charge in [-0.25, -0.2) is 0 Å². The van der Waals surface area contributed by atoms with Crippen molar-refractivity contribution in [1.82, 2.24) is 5.32 Å². The minimum absolute atomic E-state index is 0.0313. The average Bonchev–Trinajstić information content (AvgIpc) is 2.47. The smallest absolute Gasteiger partial charge is 0.240 e. The van der Waals surface area contributed by atoms with Gasteiger partial charge in [0.15, 0.2) is 0 Å². The predicted molar refractivity (Wildman–Crippen MR) is 73.9 cm³/mol. The van der Waals surface area contributed by atoms with E-state index in [9.17, 15) is 10.1 Å². The Bertz CT molecular complexity index is 385. The van der Waals surface area contributed by atoms with Gasteiger partial charge in [-0.2, -0.15) is 5.26 Å². The minimum Gasteiger partial charge on any atom is -0.377 e. The molecule has 0 unspecified atom stereocenters. The number of carbonyl (C=O) groups excluding carboxylic acids is 1. The van der Waals surface area contributed by atoms with Crippen LogP contribution in [0.1, 0.15) is 45.4 Å². The van der Waals surface area contributed by atoms with E-state index in [2.05, 4.69) is 11.4 Å². The highest BCUT2D eigenvalue weighted by molar-refractivity contribution is 5.85. The topological polar surface area (TPSA) is 71.3 Å². The van der Waals surface area contributed by atoms with Crippen LogP contribution in [0.4, 0.5) is 0 Å². The summed E-state index contributed by atoms with van der Waals surface area (Å²) >= 11 is 0. The summed E-state index contributed by atoms with van der Waals surface area (Å²) in [4.78, 5) is 12.5. The molecule has 5 heteroatoms. The Morgan fingerprint density at radius 3 is 2.65 bits per heavy atom. The number of nitrogens with one attached hydrogen (secondary N) is 1. The highest BCUT2D eigenvalue weighted by Gasteiger charge is 2.47. The summed E-state index contributed by atoms with van der Waals surface area (Å²) in [5, 5.41) is 12.4. The molecular weight excluding hydrogens is 256 g/mol. The Balaban J connectivity index is 1.93. The van der Waals surface area contributed by atoms with Gasteiger partial charge in [-0.3, -0.25) is 4.79 Å². The zero-order valence-electron chi connectivity index (χ0n) is 12.4. The number of hydrogen-bond donors (Lipinski definition) is 1. The maximum atomic E-state index is 12.5. The lowest BCUT2D eigenvalue weighted by Crippen LogP contribution is -2.62. The van der Waals surface area contributed by atoms with Crippen molar-refractivity contribution in [2.45, 2.75) is 63.7 Å². The predicted octanol–water partition coefficient (Wildman–Crippen LogP) is 1.77. The molecule has 0 aromatic heterocycles. The van der Waals surface area contributed by atoms with Crippen LogP contribution in [0.15, 0.2) is 0 Å². The summed E-state index contributed by atoms with van der Waals surface area (Å²) in [6.45, 7) is 2.60. The Morgan fingerprint density at radius 2 is 2.10 bits per heavy atom. The van der Waals surface area contributed by atoms with E-state index in [0.29, 0.717) is 19.4 Å². The maximum absolute atomic E-state index is 12.5. The second-order valence-electron chi connectivity index (χ2n) is 5.76. The van der Waals surface area contributed by atoms with Crippen molar-refractivity contribution in [2.75, 3.05) is 13.7 Å². The Hall–Kier alpha value is -1.12. The molecule has 2 fully saturated rings. The second-order valence-corrected chi connectivity index (χ2v) is 5.76. The molecule has 1 N–H and O–H groups in total. The van der Waals surface area contributed by atoms with Gasteiger partial charge in [0.2, 0.25) is 5.91 Å². The average molecular weight is 280 g/mol. The van der Waals surface area contributed by atoms with E-state index < -0.39 is 5.41 Å². The molecule has 0 bridgehead atoms. The van der Waals surface area contributed by atoms with Crippen molar-refractivity contribution >= 4 is 5.91 Å². The molecule has 2 aliphatic carbocycles. The summed E-state index contributed by atoms with van der Waals surface area (Å²) in [5.41, 5.74) is -0.826. The highest BCUT2D eigenvalue weighted by atomic mass is 16.5. The van der Waals surface area contributed by atoms with Crippen molar-refractivity contribution in [3.8, 4) is 6.07 Å². The summed E-state index contributed by atoms with van der Waals surface area (Å²) in [6.07, 6.45) is 5.11. The minimum atomic E-state index is -0.826. The standard InChI is InChI=1S/C15H24N2O3/c1-3-20-12-9-11(13(12)19-2)17-14(18)15(10-16)7-5-4-6-8-15/h11-13H,3-9H2,1-2H3,(H,17,18)/t11-,12-,13-/m1/s1. The molecule has 0 saturated heterocycles. The fourth-order valence-electron chi connectivity index (χ4n) is 3.27. The lowest BCUT2D eigenvalue weighted by Gasteiger charge is -2.44. The van der Waals surface area contributed by atoms with E-state index >= 15 is 0 Å². The fourth-order valence-corrected chi connectivity index (χ4v) is 3.27. The molecule has 0 heterocycles. The normalized spacial score (nSPS) is 31.9. The number of amides is 1. The van der Waals surface area contributed by atoms with Crippen LogP contribution in [-0.2, 0) is 14.3 Å². The van der Waals surface area contributed by atoms with E-state index in [1.54, 1.807) is 7.11 Å². The molecule has 2 rings (SSSR count). The summed E-state index contributed by atoms with van der Waals surface area (Å²) in [6, 6.07) is 2.22. The number of nitrogens with zero attached hydrogens (tertiary/aromatic N) is 1. The van der Waals surface area contributed by atoms with Gasteiger partial charge in [0.25, 0.3) is 0 Å². The van der Waals surface area contributed by atoms with Crippen molar-refractivity contribution in [1.29, 1.82) is 5.26 Å². The third kappa shape index (κ3) is 2.82. The largest absolute Gasteiger partial charge is 0.377 e. The van der Waals surface area contributed by atoms with Crippen LogP contribution in [-0.4, -0.2) is 37.9 Å². The van der Waals surface area contributed by atoms with Crippen molar-refractivity contribution in [2.24, 2.45) is 5.41 Å². The molecule has 20 heavy (non-hydrogen) atoms. The zero-order valence-corrected chi connectivity index (χ0v) is 12.4. The molecule has 0 aromatic rings.